The summed E-state index contributed by atoms with van der Waals surface area (Å²) in [5.41, 5.74) is 0.709. The molecule has 8 heteroatoms. The van der Waals surface area contributed by atoms with E-state index >= 15 is 0 Å². The van der Waals surface area contributed by atoms with Crippen molar-refractivity contribution in [2.75, 3.05) is 26.4 Å². The Morgan fingerprint density at radius 2 is 1.73 bits per heavy atom. The quantitative estimate of drug-likeness (QED) is 0.512. The summed E-state index contributed by atoms with van der Waals surface area (Å²) in [6.07, 6.45) is 2.72. The Morgan fingerprint density at radius 3 is 2.38 bits per heavy atom. The van der Waals surface area contributed by atoms with E-state index in [0.29, 0.717) is 36.8 Å². The molecule has 0 unspecified atom stereocenters. The first kappa shape index (κ1) is 21.0. The lowest BCUT2D eigenvalue weighted by Crippen LogP contribution is -2.41. The number of imide groups is 1. The van der Waals surface area contributed by atoms with Crippen molar-refractivity contribution >= 4 is 24.0 Å². The largest absolute Gasteiger partial charge is 0.490 e. The minimum atomic E-state index is -0.711. The predicted molar refractivity (Wildman–Crippen MR) is 96.0 cm³/mol. The molecule has 0 heterocycles. The molecule has 0 fully saturated rings. The van der Waals surface area contributed by atoms with E-state index in [1.54, 1.807) is 25.1 Å². The number of benzene rings is 1. The standard InChI is InChI=1S/C18H24N2O6/c1-4-19-18(23)20-16(21)12-26-17(22)10-8-13-7-9-14(24-5-2)15(11-13)25-6-3/h7-11H,4-6,12H2,1-3H3,(H2,19,20,21,23)/b10-8+. The van der Waals surface area contributed by atoms with Crippen LogP contribution in [0.5, 0.6) is 11.5 Å². The molecule has 0 saturated heterocycles. The van der Waals surface area contributed by atoms with Crippen molar-refractivity contribution in [3.63, 3.8) is 0 Å². The van der Waals surface area contributed by atoms with E-state index in [9.17, 15) is 14.4 Å². The van der Waals surface area contributed by atoms with Crippen molar-refractivity contribution in [2.45, 2.75) is 20.8 Å². The van der Waals surface area contributed by atoms with Gasteiger partial charge >= 0.3 is 12.0 Å². The van der Waals surface area contributed by atoms with Crippen LogP contribution in [-0.2, 0) is 14.3 Å². The number of amides is 3. The second-order valence-electron chi connectivity index (χ2n) is 4.92. The number of hydrogen-bond donors (Lipinski definition) is 2. The summed E-state index contributed by atoms with van der Waals surface area (Å²) in [6.45, 7) is 6.28. The minimum absolute atomic E-state index is 0.382. The van der Waals surface area contributed by atoms with Crippen molar-refractivity contribution in [3.05, 3.63) is 29.8 Å². The molecular weight excluding hydrogens is 340 g/mol. The van der Waals surface area contributed by atoms with Gasteiger partial charge in [-0.15, -0.1) is 0 Å². The van der Waals surface area contributed by atoms with Gasteiger partial charge in [0.1, 0.15) is 0 Å². The predicted octanol–water partition coefficient (Wildman–Crippen LogP) is 1.89. The number of hydrogen-bond acceptors (Lipinski definition) is 6. The van der Waals surface area contributed by atoms with E-state index in [4.69, 9.17) is 14.2 Å². The van der Waals surface area contributed by atoms with Crippen molar-refractivity contribution in [2.24, 2.45) is 0 Å². The van der Waals surface area contributed by atoms with E-state index in [1.165, 1.54) is 12.2 Å². The Labute approximate surface area is 152 Å². The molecule has 0 bridgehead atoms. The van der Waals surface area contributed by atoms with Gasteiger partial charge in [-0.05, 0) is 44.5 Å². The Kier molecular flexibility index (Phi) is 9.30. The molecule has 0 atom stereocenters. The van der Waals surface area contributed by atoms with Gasteiger partial charge in [0.05, 0.1) is 13.2 Å². The van der Waals surface area contributed by atoms with Gasteiger partial charge in [0.15, 0.2) is 18.1 Å². The van der Waals surface area contributed by atoms with Crippen molar-refractivity contribution in [3.8, 4) is 11.5 Å². The van der Waals surface area contributed by atoms with Crippen LogP contribution in [0.15, 0.2) is 24.3 Å². The second kappa shape index (κ2) is 11.5. The first-order valence-corrected chi connectivity index (χ1v) is 8.32. The molecule has 2 N–H and O–H groups in total. The number of ether oxygens (including phenoxy) is 3. The molecule has 26 heavy (non-hydrogen) atoms. The molecule has 0 saturated carbocycles. The maximum absolute atomic E-state index is 11.7. The molecule has 0 spiro atoms. The van der Waals surface area contributed by atoms with Crippen molar-refractivity contribution in [1.29, 1.82) is 0 Å². The molecular formula is C18H24N2O6. The first-order valence-electron chi connectivity index (χ1n) is 8.32. The highest BCUT2D eigenvalue weighted by molar-refractivity contribution is 5.96. The van der Waals surface area contributed by atoms with Gasteiger partial charge in [-0.3, -0.25) is 10.1 Å². The average molecular weight is 364 g/mol. The maximum atomic E-state index is 11.7. The monoisotopic (exact) mass is 364 g/mol. The zero-order valence-electron chi connectivity index (χ0n) is 15.2. The van der Waals surface area contributed by atoms with Crippen LogP contribution in [0.4, 0.5) is 4.79 Å². The summed E-state index contributed by atoms with van der Waals surface area (Å²) >= 11 is 0. The smallest absolute Gasteiger partial charge is 0.331 e. The van der Waals surface area contributed by atoms with Gasteiger partial charge in [0.2, 0.25) is 0 Å². The fraction of sp³-hybridized carbons (Fsp3) is 0.389. The summed E-state index contributed by atoms with van der Waals surface area (Å²) < 4.78 is 15.7. The highest BCUT2D eigenvalue weighted by Crippen LogP contribution is 2.28. The summed E-state index contributed by atoms with van der Waals surface area (Å²) in [4.78, 5) is 34.2. The normalized spacial score (nSPS) is 10.3. The van der Waals surface area contributed by atoms with Gasteiger partial charge in [-0.2, -0.15) is 0 Å². The third kappa shape index (κ3) is 7.69. The summed E-state index contributed by atoms with van der Waals surface area (Å²) in [6, 6.07) is 4.61. The fourth-order valence-corrected chi connectivity index (χ4v) is 1.89. The van der Waals surface area contributed by atoms with Gasteiger partial charge in [0, 0.05) is 12.6 Å². The molecule has 1 aromatic rings. The van der Waals surface area contributed by atoms with Gasteiger partial charge in [0.25, 0.3) is 5.91 Å². The molecule has 142 valence electrons. The summed E-state index contributed by atoms with van der Waals surface area (Å²) in [5, 5.41) is 4.42. The maximum Gasteiger partial charge on any atom is 0.331 e. The Morgan fingerprint density at radius 1 is 1.04 bits per heavy atom. The Hall–Kier alpha value is -3.03. The van der Waals surface area contributed by atoms with Crippen LogP contribution in [0.1, 0.15) is 26.3 Å². The third-order valence-electron chi connectivity index (χ3n) is 2.92. The number of rotatable bonds is 9. The van der Waals surface area contributed by atoms with E-state index in [0.717, 1.165) is 0 Å². The lowest BCUT2D eigenvalue weighted by molar-refractivity contribution is -0.143. The van der Waals surface area contributed by atoms with Crippen LogP contribution in [0, 0.1) is 0 Å². The molecule has 1 aromatic carbocycles. The summed E-state index contributed by atoms with van der Waals surface area (Å²) in [7, 11) is 0. The molecule has 0 aliphatic heterocycles. The Balaban J connectivity index is 2.58. The van der Waals surface area contributed by atoms with Crippen LogP contribution in [0.25, 0.3) is 6.08 Å². The Bertz CT molecular complexity index is 657. The number of nitrogens with one attached hydrogen (secondary N) is 2. The molecule has 0 aliphatic carbocycles. The van der Waals surface area contributed by atoms with E-state index in [-0.39, 0.29) is 0 Å². The van der Waals surface area contributed by atoms with Crippen LogP contribution < -0.4 is 20.1 Å². The lowest BCUT2D eigenvalue weighted by Gasteiger charge is -2.11. The zero-order chi connectivity index (χ0) is 19.4. The van der Waals surface area contributed by atoms with E-state index < -0.39 is 24.5 Å². The van der Waals surface area contributed by atoms with Gasteiger partial charge in [-0.1, -0.05) is 6.07 Å². The van der Waals surface area contributed by atoms with Crippen molar-refractivity contribution in [1.82, 2.24) is 10.6 Å². The molecule has 3 amide bonds. The number of esters is 1. The van der Waals surface area contributed by atoms with E-state index in [2.05, 4.69) is 5.32 Å². The van der Waals surface area contributed by atoms with Crippen LogP contribution in [-0.4, -0.2) is 44.3 Å². The summed E-state index contributed by atoms with van der Waals surface area (Å²) in [5.74, 6) is -0.220. The highest BCUT2D eigenvalue weighted by Gasteiger charge is 2.09. The molecule has 1 rings (SSSR count). The van der Waals surface area contributed by atoms with E-state index in [1.807, 2.05) is 19.2 Å². The SMILES string of the molecule is CCNC(=O)NC(=O)COC(=O)/C=C/c1ccc(OCC)c(OCC)c1. The van der Waals surface area contributed by atoms with Crippen LogP contribution in [0.2, 0.25) is 0 Å². The fourth-order valence-electron chi connectivity index (χ4n) is 1.89. The van der Waals surface area contributed by atoms with Crippen LogP contribution in [0.3, 0.4) is 0 Å². The second-order valence-corrected chi connectivity index (χ2v) is 4.92. The first-order chi connectivity index (χ1) is 12.5. The third-order valence-corrected chi connectivity index (χ3v) is 2.92. The molecule has 8 nitrogen and oxygen atoms in total. The zero-order valence-corrected chi connectivity index (χ0v) is 15.2. The van der Waals surface area contributed by atoms with Gasteiger partial charge in [-0.25, -0.2) is 9.59 Å². The van der Waals surface area contributed by atoms with Gasteiger partial charge < -0.3 is 19.5 Å². The lowest BCUT2D eigenvalue weighted by atomic mass is 10.2. The highest BCUT2D eigenvalue weighted by atomic mass is 16.5. The number of urea groups is 1. The molecule has 0 radical (unpaired) electrons. The number of carbonyl (C=O) groups excluding carboxylic acids is 3. The minimum Gasteiger partial charge on any atom is -0.490 e. The number of carbonyl (C=O) groups is 3. The van der Waals surface area contributed by atoms with Crippen molar-refractivity contribution < 1.29 is 28.6 Å². The van der Waals surface area contributed by atoms with Crippen LogP contribution >= 0.6 is 0 Å². The molecule has 0 aromatic heterocycles. The topological polar surface area (TPSA) is 103 Å². The average Bonchev–Trinajstić information content (AvgIpc) is 2.60. The molecule has 0 aliphatic rings.